The molecule has 0 aromatic heterocycles. The van der Waals surface area contributed by atoms with E-state index < -0.39 is 9.84 Å². The molecule has 0 fully saturated rings. The maximum Gasteiger partial charge on any atom is 0.179 e. The minimum absolute atomic E-state index is 0.130. The molecule has 1 aromatic rings. The van der Waals surface area contributed by atoms with Crippen molar-refractivity contribution in [2.75, 3.05) is 17.4 Å². The summed E-state index contributed by atoms with van der Waals surface area (Å²) in [7, 11) is -3.12. The van der Waals surface area contributed by atoms with Gasteiger partial charge in [0.2, 0.25) is 0 Å². The molecule has 0 atom stereocenters. The molecule has 0 N–H and O–H groups in total. The Morgan fingerprint density at radius 1 is 1.33 bits per heavy atom. The Labute approximate surface area is 99.9 Å². The molecule has 0 unspecified atom stereocenters. The number of halogens is 1. The third kappa shape index (κ3) is 3.40. The van der Waals surface area contributed by atoms with E-state index in [1.54, 1.807) is 19.1 Å². The van der Waals surface area contributed by atoms with E-state index in [-0.39, 0.29) is 5.75 Å². The van der Waals surface area contributed by atoms with Gasteiger partial charge < -0.3 is 0 Å². The van der Waals surface area contributed by atoms with Gasteiger partial charge in [-0.2, -0.15) is 0 Å². The molecule has 1 rings (SSSR count). The molecule has 0 saturated carbocycles. The van der Waals surface area contributed by atoms with Crippen LogP contribution in [0, 0.1) is 0 Å². The number of hydrogen-bond acceptors (Lipinski definition) is 3. The summed E-state index contributed by atoms with van der Waals surface area (Å²) in [5.74, 6) is 1.37. The fourth-order valence-electron chi connectivity index (χ4n) is 1.13. The van der Waals surface area contributed by atoms with Gasteiger partial charge in [-0.25, -0.2) is 8.42 Å². The molecule has 0 bridgehead atoms. The lowest BCUT2D eigenvalue weighted by Crippen LogP contribution is -2.05. The quantitative estimate of drug-likeness (QED) is 0.606. The van der Waals surface area contributed by atoms with Gasteiger partial charge in [0, 0.05) is 16.5 Å². The fourth-order valence-corrected chi connectivity index (χ4v) is 3.57. The zero-order valence-electron chi connectivity index (χ0n) is 8.44. The Hall–Kier alpha value is -0.190. The van der Waals surface area contributed by atoms with Crippen molar-refractivity contribution in [1.82, 2.24) is 0 Å². The van der Waals surface area contributed by atoms with Crippen LogP contribution in [0.5, 0.6) is 0 Å². The molecule has 0 aliphatic carbocycles. The van der Waals surface area contributed by atoms with Gasteiger partial charge in [-0.15, -0.1) is 23.4 Å². The number of thioether (sulfide) groups is 1. The Bertz CT molecular complexity index is 415. The monoisotopic (exact) mass is 264 g/mol. The molecule has 0 aliphatic rings. The molecule has 0 spiro atoms. The van der Waals surface area contributed by atoms with E-state index >= 15 is 0 Å². The molecule has 0 amide bonds. The summed E-state index contributed by atoms with van der Waals surface area (Å²) in [4.78, 5) is 1.21. The first-order valence-corrected chi connectivity index (χ1v) is 7.79. The van der Waals surface area contributed by atoms with E-state index in [9.17, 15) is 8.42 Å². The summed E-state index contributed by atoms with van der Waals surface area (Å²) in [6.45, 7) is 1.65. The molecule has 0 heterocycles. The van der Waals surface area contributed by atoms with Gasteiger partial charge >= 0.3 is 0 Å². The maximum absolute atomic E-state index is 11.7. The zero-order chi connectivity index (χ0) is 11.3. The van der Waals surface area contributed by atoms with E-state index in [1.165, 1.54) is 11.8 Å². The largest absolute Gasteiger partial charge is 0.224 e. The summed E-state index contributed by atoms with van der Waals surface area (Å²) in [6, 6.07) is 7.05. The Balaban J connectivity index is 3.07. The van der Waals surface area contributed by atoms with Gasteiger partial charge in [-0.05, 0) is 12.1 Å². The second kappa shape index (κ2) is 5.77. The van der Waals surface area contributed by atoms with Gasteiger partial charge in [0.05, 0.1) is 10.6 Å². The molecule has 0 aliphatic heterocycles. The molecule has 1 aromatic carbocycles. The first kappa shape index (κ1) is 12.9. The average Bonchev–Trinajstić information content (AvgIpc) is 2.26. The van der Waals surface area contributed by atoms with Crippen LogP contribution < -0.4 is 0 Å². The second-order valence-corrected chi connectivity index (χ2v) is 6.65. The lowest BCUT2D eigenvalue weighted by Gasteiger charge is -2.07. The minimum atomic E-state index is -3.12. The molecular formula is C10H13ClO2S2. The molecular weight excluding hydrogens is 252 g/mol. The predicted octanol–water partition coefficient (Wildman–Crippen LogP) is 2.81. The van der Waals surface area contributed by atoms with Crippen LogP contribution in [0.15, 0.2) is 34.1 Å². The van der Waals surface area contributed by atoms with Crippen LogP contribution >= 0.6 is 23.4 Å². The Morgan fingerprint density at radius 3 is 2.60 bits per heavy atom. The highest BCUT2D eigenvalue weighted by atomic mass is 35.5. The van der Waals surface area contributed by atoms with Crippen LogP contribution in [0.1, 0.15) is 6.92 Å². The van der Waals surface area contributed by atoms with Crippen LogP contribution in [0.4, 0.5) is 0 Å². The van der Waals surface area contributed by atoms with Gasteiger partial charge in [0.25, 0.3) is 0 Å². The van der Waals surface area contributed by atoms with Crippen molar-refractivity contribution >= 4 is 33.2 Å². The van der Waals surface area contributed by atoms with E-state index in [0.717, 1.165) is 10.6 Å². The van der Waals surface area contributed by atoms with Crippen molar-refractivity contribution in [3.8, 4) is 0 Å². The van der Waals surface area contributed by atoms with Crippen LogP contribution in [0.3, 0.4) is 0 Å². The van der Waals surface area contributed by atoms with Gasteiger partial charge in [-0.3, -0.25) is 0 Å². The first-order valence-electron chi connectivity index (χ1n) is 4.62. The average molecular weight is 265 g/mol. The van der Waals surface area contributed by atoms with Gasteiger partial charge in [0.15, 0.2) is 9.84 Å². The molecule has 0 saturated heterocycles. The SMILES string of the molecule is CCS(=O)(=O)c1ccccc1SCCCl. The fraction of sp³-hybridized carbons (Fsp3) is 0.400. The zero-order valence-corrected chi connectivity index (χ0v) is 10.8. The summed E-state index contributed by atoms with van der Waals surface area (Å²) < 4.78 is 23.5. The van der Waals surface area contributed by atoms with Crippen LogP contribution in [0.2, 0.25) is 0 Å². The van der Waals surface area contributed by atoms with Crippen LogP contribution in [-0.4, -0.2) is 25.8 Å². The van der Waals surface area contributed by atoms with Gasteiger partial charge in [0.1, 0.15) is 0 Å². The normalized spacial score (nSPS) is 11.6. The Kier molecular flexibility index (Phi) is 4.96. The number of benzene rings is 1. The number of sulfone groups is 1. The molecule has 2 nitrogen and oxygen atoms in total. The highest BCUT2D eigenvalue weighted by Gasteiger charge is 2.15. The smallest absolute Gasteiger partial charge is 0.179 e. The lowest BCUT2D eigenvalue weighted by atomic mass is 10.4. The third-order valence-electron chi connectivity index (χ3n) is 1.90. The molecule has 0 radical (unpaired) electrons. The summed E-state index contributed by atoms with van der Waals surface area (Å²) in [6.07, 6.45) is 0. The van der Waals surface area contributed by atoms with Crippen molar-refractivity contribution in [3.05, 3.63) is 24.3 Å². The van der Waals surface area contributed by atoms with E-state index in [2.05, 4.69) is 0 Å². The topological polar surface area (TPSA) is 34.1 Å². The van der Waals surface area contributed by atoms with Crippen molar-refractivity contribution in [3.63, 3.8) is 0 Å². The number of alkyl halides is 1. The minimum Gasteiger partial charge on any atom is -0.224 e. The van der Waals surface area contributed by atoms with Crippen molar-refractivity contribution < 1.29 is 8.42 Å². The van der Waals surface area contributed by atoms with E-state index in [0.29, 0.717) is 10.8 Å². The van der Waals surface area contributed by atoms with Crippen LogP contribution in [0.25, 0.3) is 0 Å². The van der Waals surface area contributed by atoms with Crippen molar-refractivity contribution in [2.45, 2.75) is 16.7 Å². The van der Waals surface area contributed by atoms with E-state index in [1.807, 2.05) is 12.1 Å². The highest BCUT2D eigenvalue weighted by molar-refractivity contribution is 8.00. The summed E-state index contributed by atoms with van der Waals surface area (Å²) in [5, 5.41) is 0. The Morgan fingerprint density at radius 2 is 2.00 bits per heavy atom. The standard InChI is InChI=1S/C10H13ClO2S2/c1-2-15(12,13)10-6-4-3-5-9(10)14-8-7-11/h3-6H,2,7-8H2,1H3. The molecule has 5 heteroatoms. The van der Waals surface area contributed by atoms with E-state index in [4.69, 9.17) is 11.6 Å². The predicted molar refractivity (Wildman–Crippen MR) is 65.6 cm³/mol. The van der Waals surface area contributed by atoms with Crippen LogP contribution in [-0.2, 0) is 9.84 Å². The summed E-state index contributed by atoms with van der Waals surface area (Å²) >= 11 is 7.06. The number of hydrogen-bond donors (Lipinski definition) is 0. The van der Waals surface area contributed by atoms with Crippen molar-refractivity contribution in [2.24, 2.45) is 0 Å². The molecule has 15 heavy (non-hydrogen) atoms. The first-order chi connectivity index (χ1) is 7.11. The maximum atomic E-state index is 11.7. The van der Waals surface area contributed by atoms with Crippen molar-refractivity contribution in [1.29, 1.82) is 0 Å². The number of rotatable bonds is 5. The highest BCUT2D eigenvalue weighted by Crippen LogP contribution is 2.27. The molecule has 84 valence electrons. The second-order valence-electron chi connectivity index (χ2n) is 2.89. The van der Waals surface area contributed by atoms with Gasteiger partial charge in [-0.1, -0.05) is 19.1 Å². The lowest BCUT2D eigenvalue weighted by molar-refractivity contribution is 0.595. The third-order valence-corrected chi connectivity index (χ3v) is 5.30. The summed E-state index contributed by atoms with van der Waals surface area (Å²) in [5.41, 5.74) is 0.